The average molecular weight is 131 g/mol. The van der Waals surface area contributed by atoms with E-state index in [1.165, 1.54) is 0 Å². The Hall–Kier alpha value is -0.900. The lowest BCUT2D eigenvalue weighted by Gasteiger charge is -2.00. The van der Waals surface area contributed by atoms with Crippen LogP contribution in [0.2, 0.25) is 0 Å². The number of carboxylic acids is 1. The van der Waals surface area contributed by atoms with Gasteiger partial charge in [-0.15, -0.1) is 0 Å². The highest BCUT2D eigenvalue weighted by Gasteiger charge is 2.18. The zero-order chi connectivity index (χ0) is 7.44. The summed E-state index contributed by atoms with van der Waals surface area (Å²) in [6, 6.07) is -0.845. The van der Waals surface area contributed by atoms with E-state index in [2.05, 4.69) is 0 Å². The lowest BCUT2D eigenvalue weighted by atomic mass is 10.1. The number of aliphatic carboxylic acids is 1. The van der Waals surface area contributed by atoms with Crippen LogP contribution in [0.5, 0.6) is 0 Å². The summed E-state index contributed by atoms with van der Waals surface area (Å²) in [7, 11) is 0. The van der Waals surface area contributed by atoms with E-state index in [1.807, 2.05) is 0 Å². The van der Waals surface area contributed by atoms with Crippen LogP contribution >= 0.6 is 0 Å². The molecule has 4 nitrogen and oxygen atoms in total. The van der Waals surface area contributed by atoms with E-state index in [0.717, 1.165) is 0 Å². The maximum Gasteiger partial charge on any atom is 0.373 e. The minimum Gasteiger partial charge on any atom is -0.475 e. The van der Waals surface area contributed by atoms with Gasteiger partial charge in [0.25, 0.3) is 5.78 Å². The summed E-state index contributed by atoms with van der Waals surface area (Å²) in [5, 5.41) is 8.05. The van der Waals surface area contributed by atoms with Crippen molar-refractivity contribution in [3.05, 3.63) is 0 Å². The van der Waals surface area contributed by atoms with Crippen molar-refractivity contribution in [1.82, 2.24) is 0 Å². The van der Waals surface area contributed by atoms with Crippen LogP contribution in [-0.4, -0.2) is 22.9 Å². The Bertz CT molecular complexity index is 132. The van der Waals surface area contributed by atoms with Gasteiger partial charge >= 0.3 is 5.97 Å². The molecule has 0 amide bonds. The fourth-order valence-electron chi connectivity index (χ4n) is 0.344. The second kappa shape index (κ2) is 3.19. The summed E-state index contributed by atoms with van der Waals surface area (Å²) in [4.78, 5) is 20.2. The maximum atomic E-state index is 10.3. The van der Waals surface area contributed by atoms with Crippen molar-refractivity contribution in [3.8, 4) is 0 Å². The van der Waals surface area contributed by atoms with Gasteiger partial charge in [-0.1, -0.05) is 6.92 Å². The first-order chi connectivity index (χ1) is 4.09. The van der Waals surface area contributed by atoms with Crippen molar-refractivity contribution in [2.45, 2.75) is 19.4 Å². The molecule has 0 saturated heterocycles. The normalized spacial score (nSPS) is 12.7. The average Bonchev–Trinajstić information content (AvgIpc) is 1.84. The van der Waals surface area contributed by atoms with Crippen LogP contribution in [0.1, 0.15) is 13.3 Å². The Morgan fingerprint density at radius 1 is 1.67 bits per heavy atom. The Labute approximate surface area is 52.7 Å². The van der Waals surface area contributed by atoms with Crippen LogP contribution in [0.25, 0.3) is 0 Å². The first-order valence-corrected chi connectivity index (χ1v) is 2.62. The second-order valence-corrected chi connectivity index (χ2v) is 1.68. The molecule has 0 aromatic rings. The molecule has 0 spiro atoms. The number of hydrogen-bond donors (Lipinski definition) is 2. The molecule has 0 aromatic carbocycles. The lowest BCUT2D eigenvalue weighted by molar-refractivity contribution is -0.149. The Balaban J connectivity index is 3.88. The van der Waals surface area contributed by atoms with Gasteiger partial charge in [-0.25, -0.2) is 4.79 Å². The number of carbonyl (C=O) groups excluding carboxylic acids is 1. The molecular formula is C5H9NO3. The summed E-state index contributed by atoms with van der Waals surface area (Å²) in [6.07, 6.45) is 0.366. The highest BCUT2D eigenvalue weighted by Crippen LogP contribution is 1.87. The van der Waals surface area contributed by atoms with E-state index in [-0.39, 0.29) is 0 Å². The van der Waals surface area contributed by atoms with E-state index in [0.29, 0.717) is 6.42 Å². The van der Waals surface area contributed by atoms with Gasteiger partial charge in [0.2, 0.25) is 0 Å². The number of rotatable bonds is 3. The third-order valence-corrected chi connectivity index (χ3v) is 0.987. The van der Waals surface area contributed by atoms with Gasteiger partial charge in [0.1, 0.15) is 0 Å². The van der Waals surface area contributed by atoms with E-state index in [1.54, 1.807) is 6.92 Å². The molecule has 0 aliphatic heterocycles. The topological polar surface area (TPSA) is 80.4 Å². The maximum absolute atomic E-state index is 10.3. The predicted octanol–water partition coefficient (Wildman–Crippen LogP) is -0.623. The summed E-state index contributed by atoms with van der Waals surface area (Å²) in [5.74, 6) is -2.37. The molecule has 3 N–H and O–H groups in total. The van der Waals surface area contributed by atoms with Crippen molar-refractivity contribution in [1.29, 1.82) is 0 Å². The van der Waals surface area contributed by atoms with Crippen molar-refractivity contribution < 1.29 is 14.7 Å². The standard InChI is InChI=1S/C5H9NO3/c1-2-3(6)4(7)5(8)9/h3H,2,6H2,1H3,(H,8,9). The summed E-state index contributed by atoms with van der Waals surface area (Å²) in [6.45, 7) is 1.66. The van der Waals surface area contributed by atoms with Crippen LogP contribution in [0, 0.1) is 0 Å². The van der Waals surface area contributed by atoms with Crippen molar-refractivity contribution in [3.63, 3.8) is 0 Å². The van der Waals surface area contributed by atoms with Crippen molar-refractivity contribution in [2.24, 2.45) is 5.73 Å². The molecule has 4 heteroatoms. The second-order valence-electron chi connectivity index (χ2n) is 1.68. The zero-order valence-electron chi connectivity index (χ0n) is 5.13. The molecule has 0 aliphatic rings. The number of carboxylic acid groups (broad SMARTS) is 1. The first-order valence-electron chi connectivity index (χ1n) is 2.62. The Morgan fingerprint density at radius 2 is 2.11 bits per heavy atom. The molecular weight excluding hydrogens is 122 g/mol. The molecule has 0 aliphatic carbocycles. The summed E-state index contributed by atoms with van der Waals surface area (Å²) in [5.41, 5.74) is 5.09. The molecule has 1 atom stereocenters. The van der Waals surface area contributed by atoms with E-state index in [4.69, 9.17) is 10.8 Å². The molecule has 0 radical (unpaired) electrons. The molecule has 0 rings (SSSR count). The fourth-order valence-corrected chi connectivity index (χ4v) is 0.344. The molecule has 0 aromatic heterocycles. The van der Waals surface area contributed by atoms with Gasteiger partial charge < -0.3 is 10.8 Å². The number of hydrogen-bond acceptors (Lipinski definition) is 3. The molecule has 52 valence electrons. The smallest absolute Gasteiger partial charge is 0.373 e. The van der Waals surface area contributed by atoms with Crippen LogP contribution in [-0.2, 0) is 9.59 Å². The molecule has 0 bridgehead atoms. The highest BCUT2D eigenvalue weighted by molar-refractivity contribution is 6.34. The zero-order valence-corrected chi connectivity index (χ0v) is 5.13. The third-order valence-electron chi connectivity index (χ3n) is 0.987. The van der Waals surface area contributed by atoms with Crippen molar-refractivity contribution >= 4 is 11.8 Å². The SMILES string of the molecule is CCC(N)C(=O)C(=O)O. The van der Waals surface area contributed by atoms with E-state index >= 15 is 0 Å². The largest absolute Gasteiger partial charge is 0.475 e. The molecule has 0 fully saturated rings. The van der Waals surface area contributed by atoms with E-state index in [9.17, 15) is 9.59 Å². The van der Waals surface area contributed by atoms with Crippen LogP contribution in [0.3, 0.4) is 0 Å². The number of nitrogens with two attached hydrogens (primary N) is 1. The van der Waals surface area contributed by atoms with Gasteiger partial charge in [0.05, 0.1) is 6.04 Å². The van der Waals surface area contributed by atoms with Gasteiger partial charge in [-0.2, -0.15) is 0 Å². The minimum atomic E-state index is -1.45. The van der Waals surface area contributed by atoms with Gasteiger partial charge in [0, 0.05) is 0 Å². The first kappa shape index (κ1) is 8.10. The summed E-state index contributed by atoms with van der Waals surface area (Å²) >= 11 is 0. The number of carbonyl (C=O) groups is 2. The number of ketones is 1. The molecule has 1 unspecified atom stereocenters. The quantitative estimate of drug-likeness (QED) is 0.500. The van der Waals surface area contributed by atoms with E-state index < -0.39 is 17.8 Å². The third kappa shape index (κ3) is 2.23. The fraction of sp³-hybridized carbons (Fsp3) is 0.600. The molecule has 0 heterocycles. The lowest BCUT2D eigenvalue weighted by Crippen LogP contribution is -2.34. The summed E-state index contributed by atoms with van der Waals surface area (Å²) < 4.78 is 0. The number of Topliss-reactive ketones (excluding diaryl/α,β-unsaturated/α-hetero) is 1. The van der Waals surface area contributed by atoms with Gasteiger partial charge in [-0.05, 0) is 6.42 Å². The monoisotopic (exact) mass is 131 g/mol. The predicted molar refractivity (Wildman–Crippen MR) is 30.9 cm³/mol. The van der Waals surface area contributed by atoms with Crippen LogP contribution in [0.15, 0.2) is 0 Å². The Morgan fingerprint density at radius 3 is 2.22 bits per heavy atom. The van der Waals surface area contributed by atoms with Crippen LogP contribution < -0.4 is 5.73 Å². The van der Waals surface area contributed by atoms with Crippen LogP contribution in [0.4, 0.5) is 0 Å². The van der Waals surface area contributed by atoms with Gasteiger partial charge in [-0.3, -0.25) is 4.79 Å². The highest BCUT2D eigenvalue weighted by atomic mass is 16.4. The molecule has 9 heavy (non-hydrogen) atoms. The minimum absolute atomic E-state index is 0.366. The molecule has 0 saturated carbocycles. The Kier molecular flexibility index (Phi) is 2.87. The van der Waals surface area contributed by atoms with Crippen molar-refractivity contribution in [2.75, 3.05) is 0 Å². The van der Waals surface area contributed by atoms with Gasteiger partial charge in [0.15, 0.2) is 0 Å².